The van der Waals surface area contributed by atoms with Gasteiger partial charge in [-0.05, 0) is 48.9 Å². The Hall–Kier alpha value is -2.54. The highest BCUT2D eigenvalue weighted by molar-refractivity contribution is 8.00. The molecule has 1 heterocycles. The van der Waals surface area contributed by atoms with Crippen LogP contribution in [-0.4, -0.2) is 35.7 Å². The monoisotopic (exact) mass is 373 g/mol. The molecule has 138 valence electrons. The average Bonchev–Trinajstić information content (AvgIpc) is 2.67. The molecule has 0 saturated heterocycles. The van der Waals surface area contributed by atoms with E-state index in [1.807, 2.05) is 43.3 Å². The van der Waals surface area contributed by atoms with Gasteiger partial charge in [-0.3, -0.25) is 14.6 Å². The molecule has 0 saturated carbocycles. The number of ether oxygens (including phenoxy) is 1. The Balaban J connectivity index is 1.66. The third kappa shape index (κ3) is 6.76. The van der Waals surface area contributed by atoms with Gasteiger partial charge in [-0.25, -0.2) is 0 Å². The van der Waals surface area contributed by atoms with Crippen LogP contribution in [0.1, 0.15) is 18.9 Å². The zero-order chi connectivity index (χ0) is 18.8. The van der Waals surface area contributed by atoms with Gasteiger partial charge in [0, 0.05) is 36.8 Å². The summed E-state index contributed by atoms with van der Waals surface area (Å²) in [5.74, 6) is 0.592. The van der Waals surface area contributed by atoms with E-state index in [1.165, 1.54) is 11.8 Å². The van der Waals surface area contributed by atoms with Crippen LogP contribution in [0.3, 0.4) is 0 Å². The smallest absolute Gasteiger partial charge is 0.233 e. The number of rotatable bonds is 9. The number of methoxy groups -OCH3 is 1. The molecule has 26 heavy (non-hydrogen) atoms. The van der Waals surface area contributed by atoms with Gasteiger partial charge in [-0.1, -0.05) is 0 Å². The molecule has 1 aromatic heterocycles. The summed E-state index contributed by atoms with van der Waals surface area (Å²) in [6, 6.07) is 11.3. The number of hydrogen-bond acceptors (Lipinski definition) is 5. The maximum atomic E-state index is 12.1. The number of carbonyl (C=O) groups excluding carboxylic acids is 2. The average molecular weight is 373 g/mol. The van der Waals surface area contributed by atoms with Crippen LogP contribution in [-0.2, 0) is 16.1 Å². The van der Waals surface area contributed by atoms with Gasteiger partial charge in [-0.15, -0.1) is 11.8 Å². The molecule has 0 aliphatic rings. The van der Waals surface area contributed by atoms with Gasteiger partial charge >= 0.3 is 0 Å². The van der Waals surface area contributed by atoms with Gasteiger partial charge in [0.2, 0.25) is 11.8 Å². The molecule has 0 aliphatic carbocycles. The molecule has 7 heteroatoms. The van der Waals surface area contributed by atoms with Crippen LogP contribution in [0.25, 0.3) is 0 Å². The molecule has 0 radical (unpaired) electrons. The van der Waals surface area contributed by atoms with E-state index in [2.05, 4.69) is 15.6 Å². The predicted molar refractivity (Wildman–Crippen MR) is 102 cm³/mol. The number of carbonyl (C=O) groups is 2. The van der Waals surface area contributed by atoms with Crippen LogP contribution >= 0.6 is 11.8 Å². The van der Waals surface area contributed by atoms with Gasteiger partial charge in [0.15, 0.2) is 0 Å². The lowest BCUT2D eigenvalue weighted by Crippen LogP contribution is -2.34. The van der Waals surface area contributed by atoms with Crippen LogP contribution in [0.5, 0.6) is 5.75 Å². The van der Waals surface area contributed by atoms with Crippen molar-refractivity contribution in [3.05, 3.63) is 54.4 Å². The summed E-state index contributed by atoms with van der Waals surface area (Å²) in [5, 5.41) is 5.37. The summed E-state index contributed by atoms with van der Waals surface area (Å²) in [5.41, 5.74) is 0.988. The van der Waals surface area contributed by atoms with E-state index in [0.29, 0.717) is 13.1 Å². The van der Waals surface area contributed by atoms with E-state index in [4.69, 9.17) is 4.74 Å². The van der Waals surface area contributed by atoms with Crippen molar-refractivity contribution < 1.29 is 14.3 Å². The Labute approximate surface area is 157 Å². The fourth-order valence-corrected chi connectivity index (χ4v) is 3.04. The van der Waals surface area contributed by atoms with Crippen molar-refractivity contribution in [2.24, 2.45) is 0 Å². The van der Waals surface area contributed by atoms with Crippen molar-refractivity contribution in [1.82, 2.24) is 15.6 Å². The fourth-order valence-electron chi connectivity index (χ4n) is 2.14. The normalized spacial score (nSPS) is 11.5. The first-order valence-electron chi connectivity index (χ1n) is 8.32. The highest BCUT2D eigenvalue weighted by Gasteiger charge is 2.14. The SMILES string of the molecule is COc1ccc(SC(C)C(=O)NCCC(=O)NCc2ccncc2)cc1. The first-order valence-corrected chi connectivity index (χ1v) is 9.20. The van der Waals surface area contributed by atoms with E-state index >= 15 is 0 Å². The molecule has 0 fully saturated rings. The highest BCUT2D eigenvalue weighted by Crippen LogP contribution is 2.25. The zero-order valence-electron chi connectivity index (χ0n) is 14.9. The molecule has 2 aromatic rings. The fraction of sp³-hybridized carbons (Fsp3) is 0.316. The number of pyridine rings is 1. The molecule has 2 N–H and O–H groups in total. The minimum absolute atomic E-state index is 0.0900. The van der Waals surface area contributed by atoms with Crippen molar-refractivity contribution in [3.8, 4) is 5.75 Å². The Bertz CT molecular complexity index is 708. The lowest BCUT2D eigenvalue weighted by molar-refractivity contribution is -0.122. The number of aromatic nitrogens is 1. The molecule has 1 unspecified atom stereocenters. The second-order valence-electron chi connectivity index (χ2n) is 5.61. The van der Waals surface area contributed by atoms with E-state index in [0.717, 1.165) is 16.2 Å². The van der Waals surface area contributed by atoms with Gasteiger partial charge in [0.25, 0.3) is 0 Å². The quantitative estimate of drug-likeness (QED) is 0.660. The Morgan fingerprint density at radius 3 is 2.46 bits per heavy atom. The van der Waals surface area contributed by atoms with E-state index < -0.39 is 0 Å². The maximum Gasteiger partial charge on any atom is 0.233 e. The number of amides is 2. The van der Waals surface area contributed by atoms with Crippen molar-refractivity contribution >= 4 is 23.6 Å². The molecule has 6 nitrogen and oxygen atoms in total. The summed E-state index contributed by atoms with van der Waals surface area (Å²) in [6.45, 7) is 2.61. The lowest BCUT2D eigenvalue weighted by atomic mass is 10.2. The minimum Gasteiger partial charge on any atom is -0.497 e. The predicted octanol–water partition coefficient (Wildman–Crippen LogP) is 2.39. The summed E-state index contributed by atoms with van der Waals surface area (Å²) in [7, 11) is 1.62. The number of hydrogen-bond donors (Lipinski definition) is 2. The van der Waals surface area contributed by atoms with E-state index in [1.54, 1.807) is 19.5 Å². The van der Waals surface area contributed by atoms with Gasteiger partial charge in [0.1, 0.15) is 5.75 Å². The number of nitrogens with one attached hydrogen (secondary N) is 2. The molecule has 1 atom stereocenters. The second kappa shape index (κ2) is 10.5. The number of nitrogens with zero attached hydrogens (tertiary/aromatic N) is 1. The number of thioether (sulfide) groups is 1. The molecule has 0 spiro atoms. The molecule has 0 aliphatic heterocycles. The second-order valence-corrected chi connectivity index (χ2v) is 7.02. The standard InChI is InChI=1S/C19H23N3O3S/c1-14(26-17-5-3-16(25-2)4-6-17)19(24)21-12-9-18(23)22-13-15-7-10-20-11-8-15/h3-8,10-11,14H,9,12-13H2,1-2H3,(H,21,24)(H,22,23). The molecule has 1 aromatic carbocycles. The van der Waals surface area contributed by atoms with Crippen molar-refractivity contribution in [1.29, 1.82) is 0 Å². The van der Waals surface area contributed by atoms with Crippen LogP contribution in [0.2, 0.25) is 0 Å². The van der Waals surface area contributed by atoms with Gasteiger partial charge in [-0.2, -0.15) is 0 Å². The Morgan fingerprint density at radius 2 is 1.81 bits per heavy atom. The number of benzene rings is 1. The van der Waals surface area contributed by atoms with E-state index in [-0.39, 0.29) is 23.5 Å². The van der Waals surface area contributed by atoms with Gasteiger partial charge in [0.05, 0.1) is 12.4 Å². The van der Waals surface area contributed by atoms with Crippen LogP contribution in [0.4, 0.5) is 0 Å². The minimum atomic E-state index is -0.247. The summed E-state index contributed by atoms with van der Waals surface area (Å²) in [4.78, 5) is 28.9. The molecule has 0 bridgehead atoms. The molecule has 2 amide bonds. The van der Waals surface area contributed by atoms with E-state index in [9.17, 15) is 9.59 Å². The molecular weight excluding hydrogens is 350 g/mol. The highest BCUT2D eigenvalue weighted by atomic mass is 32.2. The largest absolute Gasteiger partial charge is 0.497 e. The molecule has 2 rings (SSSR count). The third-order valence-electron chi connectivity index (χ3n) is 3.63. The van der Waals surface area contributed by atoms with Crippen LogP contribution in [0, 0.1) is 0 Å². The third-order valence-corrected chi connectivity index (χ3v) is 4.74. The van der Waals surface area contributed by atoms with Gasteiger partial charge < -0.3 is 15.4 Å². The Morgan fingerprint density at radius 1 is 1.12 bits per heavy atom. The zero-order valence-corrected chi connectivity index (χ0v) is 15.7. The first-order chi connectivity index (χ1) is 12.6. The van der Waals surface area contributed by atoms with Crippen LogP contribution < -0.4 is 15.4 Å². The molecular formula is C19H23N3O3S. The summed E-state index contributed by atoms with van der Waals surface area (Å²) in [6.07, 6.45) is 3.61. The van der Waals surface area contributed by atoms with Crippen molar-refractivity contribution in [3.63, 3.8) is 0 Å². The first kappa shape index (κ1) is 19.8. The van der Waals surface area contributed by atoms with Crippen molar-refractivity contribution in [2.45, 2.75) is 30.0 Å². The topological polar surface area (TPSA) is 80.3 Å². The maximum absolute atomic E-state index is 12.1. The Kier molecular flexibility index (Phi) is 7.95. The summed E-state index contributed by atoms with van der Waals surface area (Å²) >= 11 is 1.46. The lowest BCUT2D eigenvalue weighted by Gasteiger charge is -2.12. The van der Waals surface area contributed by atoms with Crippen molar-refractivity contribution in [2.75, 3.05) is 13.7 Å². The van der Waals surface area contributed by atoms with Crippen LogP contribution in [0.15, 0.2) is 53.7 Å². The summed E-state index contributed by atoms with van der Waals surface area (Å²) < 4.78 is 5.12.